The van der Waals surface area contributed by atoms with Gasteiger partial charge >= 0.3 is 0 Å². The van der Waals surface area contributed by atoms with Crippen molar-refractivity contribution in [3.8, 4) is 0 Å². The number of benzene rings is 2. The molecule has 52 heavy (non-hydrogen) atoms. The smallest absolute Gasteiger partial charge is 0.226 e. The molecule has 0 spiro atoms. The van der Waals surface area contributed by atoms with Crippen LogP contribution in [0.4, 0.5) is 0 Å². The molecule has 3 fully saturated rings. The third-order valence-electron chi connectivity index (χ3n) is 12.7. The molecule has 1 atom stereocenters. The molecule has 2 amide bonds. The van der Waals surface area contributed by atoms with E-state index in [4.69, 9.17) is 0 Å². The molecular weight excluding hydrogens is 649 g/mol. The molecule has 9 heteroatoms. The quantitative estimate of drug-likeness (QED) is 0.345. The third kappa shape index (κ3) is 7.34. The zero-order valence-corrected chi connectivity index (χ0v) is 30.9. The fourth-order valence-corrected chi connectivity index (χ4v) is 9.64. The predicted octanol–water partition coefficient (Wildman–Crippen LogP) is 5.85. The fourth-order valence-electron chi connectivity index (χ4n) is 9.64. The van der Waals surface area contributed by atoms with Crippen molar-refractivity contribution in [3.63, 3.8) is 0 Å². The molecule has 3 saturated heterocycles. The predicted molar refractivity (Wildman–Crippen MR) is 206 cm³/mol. The number of allylic oxidation sites excluding steroid dienone is 1. The van der Waals surface area contributed by atoms with E-state index >= 15 is 0 Å². The summed E-state index contributed by atoms with van der Waals surface area (Å²) in [5.74, 6) is 0.669. The first-order chi connectivity index (χ1) is 25.3. The van der Waals surface area contributed by atoms with Gasteiger partial charge in [-0.15, -0.1) is 0 Å². The van der Waals surface area contributed by atoms with E-state index in [9.17, 15) is 14.4 Å². The second-order valence-electron chi connectivity index (χ2n) is 16.1. The van der Waals surface area contributed by atoms with E-state index in [-0.39, 0.29) is 29.9 Å². The summed E-state index contributed by atoms with van der Waals surface area (Å²) in [5.41, 5.74) is 10.2. The second-order valence-corrected chi connectivity index (χ2v) is 16.1. The van der Waals surface area contributed by atoms with E-state index in [1.54, 1.807) is 0 Å². The van der Waals surface area contributed by atoms with E-state index in [1.165, 1.54) is 16.8 Å². The van der Waals surface area contributed by atoms with Gasteiger partial charge in [-0.1, -0.05) is 30.3 Å². The van der Waals surface area contributed by atoms with Crippen molar-refractivity contribution in [2.24, 2.45) is 32.9 Å². The summed E-state index contributed by atoms with van der Waals surface area (Å²) in [7, 11) is 0. The van der Waals surface area contributed by atoms with Gasteiger partial charge in [0.1, 0.15) is 0 Å². The van der Waals surface area contributed by atoms with E-state index in [0.29, 0.717) is 44.4 Å². The molecule has 5 heterocycles. The van der Waals surface area contributed by atoms with E-state index in [2.05, 4.69) is 58.2 Å². The molecule has 272 valence electrons. The number of likely N-dealkylation sites (tertiary alicyclic amines) is 3. The van der Waals surface area contributed by atoms with Gasteiger partial charge in [-0.25, -0.2) is 0 Å². The van der Waals surface area contributed by atoms with Gasteiger partial charge in [0.15, 0.2) is 5.78 Å². The van der Waals surface area contributed by atoms with Crippen LogP contribution >= 0.6 is 0 Å². The Hall–Kier alpha value is -4.24. The minimum atomic E-state index is -0.412. The van der Waals surface area contributed by atoms with Crippen LogP contribution in [-0.4, -0.2) is 95.2 Å². The Kier molecular flexibility index (Phi) is 10.1. The summed E-state index contributed by atoms with van der Waals surface area (Å²) in [6.45, 7) is 9.76. The van der Waals surface area contributed by atoms with Crippen LogP contribution in [0.1, 0.15) is 91.7 Å². The van der Waals surface area contributed by atoms with Gasteiger partial charge in [-0.2, -0.15) is 10.2 Å². The Bertz CT molecular complexity index is 1850. The van der Waals surface area contributed by atoms with E-state index in [0.717, 1.165) is 105 Å². The summed E-state index contributed by atoms with van der Waals surface area (Å²) in [4.78, 5) is 52.5. The molecule has 0 aromatic heterocycles. The van der Waals surface area contributed by atoms with Crippen molar-refractivity contribution in [3.05, 3.63) is 75.4 Å². The monoisotopic (exact) mass is 700 g/mol. The number of piperidine rings is 3. The highest BCUT2D eigenvalue weighted by Crippen LogP contribution is 2.33. The molecule has 9 nitrogen and oxygen atoms in total. The number of aliphatic imine (C=N–C) groups is 1. The molecule has 0 bridgehead atoms. The number of fused-ring (bicyclic) bond motifs is 2. The average molecular weight is 701 g/mol. The maximum absolute atomic E-state index is 14.4. The highest BCUT2D eigenvalue weighted by Gasteiger charge is 2.36. The zero-order valence-electron chi connectivity index (χ0n) is 30.9. The molecular formula is C43H52N6O3. The van der Waals surface area contributed by atoms with Crippen LogP contribution in [0.5, 0.6) is 0 Å². The number of ketones is 1. The maximum atomic E-state index is 14.4. The van der Waals surface area contributed by atoms with Crippen LogP contribution in [0, 0.1) is 24.7 Å². The minimum absolute atomic E-state index is 0.0516. The molecule has 0 N–H and O–H groups in total. The molecule has 0 radical (unpaired) electrons. The van der Waals surface area contributed by atoms with Crippen LogP contribution in [0.15, 0.2) is 57.2 Å². The van der Waals surface area contributed by atoms with Crippen molar-refractivity contribution in [2.45, 2.75) is 90.6 Å². The third-order valence-corrected chi connectivity index (χ3v) is 12.7. The highest BCUT2D eigenvalue weighted by molar-refractivity contribution is 6.07. The molecule has 2 aromatic carbocycles. The summed E-state index contributed by atoms with van der Waals surface area (Å²) >= 11 is 0. The van der Waals surface area contributed by atoms with Gasteiger partial charge in [0.2, 0.25) is 11.8 Å². The number of carbonyl (C=O) groups excluding carboxylic acids is 3. The SMILES string of the molecule is CC1=NN=C(C2CCN(C3CCN(C(=O)[C@H](CC(=O)N4CCC(C5=Cc6ccccc6CC5=O)CC4)Cc4cc(C)c5c(c4)C=NC5)CC3)CC2)C1. The first-order valence-corrected chi connectivity index (χ1v) is 19.6. The Labute approximate surface area is 307 Å². The Morgan fingerprint density at radius 1 is 0.827 bits per heavy atom. The lowest BCUT2D eigenvalue weighted by molar-refractivity contribution is -0.143. The Morgan fingerprint density at radius 3 is 2.31 bits per heavy atom. The summed E-state index contributed by atoms with van der Waals surface area (Å²) in [6, 6.07) is 13.0. The maximum Gasteiger partial charge on any atom is 0.226 e. The summed E-state index contributed by atoms with van der Waals surface area (Å²) in [5, 5.41) is 8.72. The number of hydrogen-bond acceptors (Lipinski definition) is 7. The number of Topliss-reactive ketones (excluding diaryl/α,β-unsaturated/α-hetero) is 1. The average Bonchev–Trinajstić information content (AvgIpc) is 3.84. The lowest BCUT2D eigenvalue weighted by atomic mass is 9.80. The fraction of sp³-hybridized carbons (Fsp3) is 0.535. The first-order valence-electron chi connectivity index (χ1n) is 19.6. The van der Waals surface area contributed by atoms with Gasteiger partial charge < -0.3 is 14.7 Å². The summed E-state index contributed by atoms with van der Waals surface area (Å²) < 4.78 is 0. The normalized spacial score (nSPS) is 22.2. The number of hydrogen-bond donors (Lipinski definition) is 0. The standard InChI is InChI=1S/C43H52N6O3/c1-28-19-30(22-36-26-44-27-39(28)36)21-35(25-42(51)48-15-7-31(8-16-48)38-23-33-5-3-4-6-34(33)24-41(38)50)43(52)49-17-11-37(12-18-49)47-13-9-32(10-14-47)40-20-29(2)45-46-40/h3-6,19,22-23,26,31-32,35,37H,7-18,20-21,24-25,27H2,1-2H3/t35-/m0/s1. The second kappa shape index (κ2) is 15.0. The molecule has 8 rings (SSSR count). The van der Waals surface area contributed by atoms with Crippen LogP contribution in [0.3, 0.4) is 0 Å². The van der Waals surface area contributed by atoms with Crippen molar-refractivity contribution < 1.29 is 14.4 Å². The molecule has 0 saturated carbocycles. The number of rotatable bonds is 8. The number of nitrogens with zero attached hydrogens (tertiary/aromatic N) is 6. The van der Waals surface area contributed by atoms with Crippen molar-refractivity contribution in [1.82, 2.24) is 14.7 Å². The van der Waals surface area contributed by atoms with Crippen LogP contribution in [-0.2, 0) is 33.8 Å². The van der Waals surface area contributed by atoms with E-state index in [1.807, 2.05) is 34.2 Å². The van der Waals surface area contributed by atoms with Crippen molar-refractivity contribution >= 4 is 41.3 Å². The van der Waals surface area contributed by atoms with Crippen LogP contribution in [0.2, 0.25) is 0 Å². The van der Waals surface area contributed by atoms with Crippen LogP contribution < -0.4 is 0 Å². The highest BCUT2D eigenvalue weighted by atomic mass is 16.2. The van der Waals surface area contributed by atoms with Gasteiger partial charge in [0.25, 0.3) is 0 Å². The van der Waals surface area contributed by atoms with Crippen molar-refractivity contribution in [1.29, 1.82) is 0 Å². The molecule has 1 aliphatic carbocycles. The van der Waals surface area contributed by atoms with Gasteiger partial charge in [0, 0.05) is 75.0 Å². The van der Waals surface area contributed by atoms with Crippen LogP contribution in [0.25, 0.3) is 6.08 Å². The van der Waals surface area contributed by atoms with Crippen molar-refractivity contribution in [2.75, 3.05) is 39.3 Å². The lowest BCUT2D eigenvalue weighted by Gasteiger charge is -2.42. The molecule has 0 unspecified atom stereocenters. The van der Waals surface area contributed by atoms with Gasteiger partial charge in [-0.05, 0) is 129 Å². The Morgan fingerprint density at radius 2 is 1.56 bits per heavy atom. The summed E-state index contributed by atoms with van der Waals surface area (Å²) in [6.07, 6.45) is 11.9. The number of amides is 2. The largest absolute Gasteiger partial charge is 0.343 e. The van der Waals surface area contributed by atoms with Gasteiger partial charge in [-0.3, -0.25) is 19.4 Å². The lowest BCUT2D eigenvalue weighted by Crippen LogP contribution is -2.51. The Balaban J connectivity index is 0.901. The van der Waals surface area contributed by atoms with Gasteiger partial charge in [0.05, 0.1) is 12.5 Å². The molecule has 2 aromatic rings. The van der Waals surface area contributed by atoms with E-state index < -0.39 is 5.92 Å². The number of aryl methyl sites for hydroxylation is 1. The molecule has 6 aliphatic rings. The topological polar surface area (TPSA) is 98.0 Å². The minimum Gasteiger partial charge on any atom is -0.343 e. The zero-order chi connectivity index (χ0) is 35.8. The number of carbonyl (C=O) groups is 3. The first kappa shape index (κ1) is 34.8. The molecule has 5 aliphatic heterocycles.